The van der Waals surface area contributed by atoms with Gasteiger partial charge in [-0.25, -0.2) is 14.2 Å². The molecule has 10 heteroatoms. The molecule has 3 aromatic rings. The molecule has 1 heterocycles. The predicted molar refractivity (Wildman–Crippen MR) is 140 cm³/mol. The molecule has 0 aromatic heterocycles. The highest BCUT2D eigenvalue weighted by Crippen LogP contribution is 2.31. The van der Waals surface area contributed by atoms with E-state index in [4.69, 9.17) is 9.84 Å². The molecular formula is C27H24FN3O5S. The number of benzene rings is 3. The zero-order valence-corrected chi connectivity index (χ0v) is 20.7. The van der Waals surface area contributed by atoms with Gasteiger partial charge in [-0.3, -0.25) is 14.5 Å². The summed E-state index contributed by atoms with van der Waals surface area (Å²) in [6.07, 6.45) is 0.460. The van der Waals surface area contributed by atoms with Gasteiger partial charge in [0.2, 0.25) is 11.8 Å². The Balaban J connectivity index is 1.53. The first kappa shape index (κ1) is 25.9. The Morgan fingerprint density at radius 2 is 1.81 bits per heavy atom. The highest BCUT2D eigenvalue weighted by molar-refractivity contribution is 8.15. The Morgan fingerprint density at radius 3 is 2.46 bits per heavy atom. The molecule has 1 atom stereocenters. The second-order valence-electron chi connectivity index (χ2n) is 8.17. The minimum atomic E-state index is -1.07. The van der Waals surface area contributed by atoms with Crippen LogP contribution in [0.1, 0.15) is 22.3 Å². The number of amidine groups is 1. The van der Waals surface area contributed by atoms with Gasteiger partial charge in [0.15, 0.2) is 5.17 Å². The van der Waals surface area contributed by atoms with Crippen molar-refractivity contribution < 1.29 is 28.6 Å². The Labute approximate surface area is 217 Å². The van der Waals surface area contributed by atoms with Gasteiger partial charge >= 0.3 is 5.97 Å². The standard InChI is InChI=1S/C27H24FN3O5S/c1-36-20-12-6-17(7-13-20)14-15-31-24(32)16-23(37-27(31)30-22-5-3-2-4-21(22)28)25(33)29-19-10-8-18(9-11-19)26(34)35/h2-13,23H,14-16H2,1H3,(H,29,33)(H,34,35). The third-order valence-electron chi connectivity index (χ3n) is 5.68. The molecule has 4 rings (SSSR count). The molecule has 1 aliphatic heterocycles. The van der Waals surface area contributed by atoms with Gasteiger partial charge in [-0.15, -0.1) is 0 Å². The van der Waals surface area contributed by atoms with Crippen LogP contribution in [0.2, 0.25) is 0 Å². The summed E-state index contributed by atoms with van der Waals surface area (Å²) in [4.78, 5) is 43.1. The summed E-state index contributed by atoms with van der Waals surface area (Å²) in [5.74, 6) is -1.62. The smallest absolute Gasteiger partial charge is 0.335 e. The van der Waals surface area contributed by atoms with Crippen molar-refractivity contribution in [3.63, 3.8) is 0 Å². The average molecular weight is 522 g/mol. The number of halogens is 1. The first-order valence-electron chi connectivity index (χ1n) is 11.4. The predicted octanol–water partition coefficient (Wildman–Crippen LogP) is 4.74. The minimum Gasteiger partial charge on any atom is -0.497 e. The number of nitrogens with zero attached hydrogens (tertiary/aromatic N) is 2. The number of para-hydroxylation sites is 1. The van der Waals surface area contributed by atoms with Gasteiger partial charge in [-0.2, -0.15) is 0 Å². The number of hydrogen-bond acceptors (Lipinski definition) is 6. The monoisotopic (exact) mass is 521 g/mol. The third-order valence-corrected chi connectivity index (χ3v) is 6.87. The van der Waals surface area contributed by atoms with Crippen LogP contribution in [0.3, 0.4) is 0 Å². The Morgan fingerprint density at radius 1 is 1.11 bits per heavy atom. The topological polar surface area (TPSA) is 108 Å². The first-order chi connectivity index (χ1) is 17.8. The zero-order valence-electron chi connectivity index (χ0n) is 19.9. The van der Waals surface area contributed by atoms with Crippen LogP contribution in [0.4, 0.5) is 15.8 Å². The lowest BCUT2D eigenvalue weighted by molar-refractivity contribution is -0.129. The summed E-state index contributed by atoms with van der Waals surface area (Å²) >= 11 is 1.09. The van der Waals surface area contributed by atoms with E-state index in [9.17, 15) is 18.8 Å². The largest absolute Gasteiger partial charge is 0.497 e. The Kier molecular flexibility index (Phi) is 8.19. The molecule has 0 aliphatic carbocycles. The molecule has 3 aromatic carbocycles. The quantitative estimate of drug-likeness (QED) is 0.444. The third kappa shape index (κ3) is 6.53. The van der Waals surface area contributed by atoms with Crippen molar-refractivity contribution in [1.29, 1.82) is 0 Å². The molecule has 2 N–H and O–H groups in total. The summed E-state index contributed by atoms with van der Waals surface area (Å²) in [6, 6.07) is 19.2. The lowest BCUT2D eigenvalue weighted by atomic mass is 10.1. The summed E-state index contributed by atoms with van der Waals surface area (Å²) in [5, 5.41) is 11.2. The van der Waals surface area contributed by atoms with Crippen LogP contribution >= 0.6 is 11.8 Å². The van der Waals surface area contributed by atoms with E-state index in [1.54, 1.807) is 19.2 Å². The molecular weight excluding hydrogens is 497 g/mol. The average Bonchev–Trinajstić information content (AvgIpc) is 2.90. The van der Waals surface area contributed by atoms with Crippen molar-refractivity contribution in [2.24, 2.45) is 4.99 Å². The number of aromatic carboxylic acids is 1. The molecule has 37 heavy (non-hydrogen) atoms. The van der Waals surface area contributed by atoms with Crippen molar-refractivity contribution >= 4 is 46.1 Å². The van der Waals surface area contributed by atoms with Crippen LogP contribution in [-0.4, -0.2) is 51.9 Å². The van der Waals surface area contributed by atoms with E-state index in [1.807, 2.05) is 24.3 Å². The number of nitrogens with one attached hydrogen (secondary N) is 1. The number of ether oxygens (including phenoxy) is 1. The molecule has 1 saturated heterocycles. The van der Waals surface area contributed by atoms with Crippen LogP contribution in [0.5, 0.6) is 5.75 Å². The van der Waals surface area contributed by atoms with Gasteiger partial charge < -0.3 is 15.2 Å². The second-order valence-corrected chi connectivity index (χ2v) is 9.34. The van der Waals surface area contributed by atoms with Crippen LogP contribution < -0.4 is 10.1 Å². The van der Waals surface area contributed by atoms with Gasteiger partial charge in [-0.1, -0.05) is 36.0 Å². The normalized spacial score (nSPS) is 16.5. The fourth-order valence-electron chi connectivity index (χ4n) is 3.66. The van der Waals surface area contributed by atoms with Crippen LogP contribution in [0.15, 0.2) is 77.8 Å². The molecule has 0 spiro atoms. The molecule has 0 saturated carbocycles. The van der Waals surface area contributed by atoms with E-state index < -0.39 is 22.9 Å². The molecule has 1 fully saturated rings. The fraction of sp³-hybridized carbons (Fsp3) is 0.185. The van der Waals surface area contributed by atoms with Gasteiger partial charge in [0.1, 0.15) is 22.5 Å². The summed E-state index contributed by atoms with van der Waals surface area (Å²) in [7, 11) is 1.59. The molecule has 1 unspecified atom stereocenters. The van der Waals surface area contributed by atoms with Crippen molar-refractivity contribution in [2.45, 2.75) is 18.1 Å². The van der Waals surface area contributed by atoms with E-state index in [0.717, 1.165) is 23.1 Å². The maximum Gasteiger partial charge on any atom is 0.335 e. The van der Waals surface area contributed by atoms with Crippen molar-refractivity contribution in [1.82, 2.24) is 4.90 Å². The highest BCUT2D eigenvalue weighted by Gasteiger charge is 2.36. The fourth-order valence-corrected chi connectivity index (χ4v) is 4.78. The summed E-state index contributed by atoms with van der Waals surface area (Å²) < 4.78 is 19.6. The molecule has 8 nitrogen and oxygen atoms in total. The molecule has 0 bridgehead atoms. The number of amides is 2. The SMILES string of the molecule is COc1ccc(CCN2C(=O)CC(C(=O)Nc3ccc(C(=O)O)cc3)SC2=Nc2ccccc2F)cc1. The number of anilines is 1. The molecule has 2 amide bonds. The molecule has 0 radical (unpaired) electrons. The van der Waals surface area contributed by atoms with Crippen LogP contribution in [0, 0.1) is 5.82 Å². The van der Waals surface area contributed by atoms with Gasteiger partial charge in [0.05, 0.1) is 12.7 Å². The highest BCUT2D eigenvalue weighted by atomic mass is 32.2. The van der Waals surface area contributed by atoms with Crippen LogP contribution in [-0.2, 0) is 16.0 Å². The van der Waals surface area contributed by atoms with Crippen LogP contribution in [0.25, 0.3) is 0 Å². The second kappa shape index (κ2) is 11.7. The zero-order chi connectivity index (χ0) is 26.4. The molecule has 1 aliphatic rings. The Hall–Kier alpha value is -4.18. The summed E-state index contributed by atoms with van der Waals surface area (Å²) in [6.45, 7) is 0.302. The van der Waals surface area contributed by atoms with Gasteiger partial charge in [0.25, 0.3) is 0 Å². The van der Waals surface area contributed by atoms with Gasteiger partial charge in [-0.05, 0) is 60.5 Å². The number of hydrogen-bond donors (Lipinski definition) is 2. The van der Waals surface area contributed by atoms with E-state index in [0.29, 0.717) is 18.7 Å². The number of carbonyl (C=O) groups excluding carboxylic acids is 2. The Bertz CT molecular complexity index is 1330. The molecule has 190 valence electrons. The van der Waals surface area contributed by atoms with Crippen molar-refractivity contribution in [3.05, 3.63) is 89.7 Å². The van der Waals surface area contributed by atoms with E-state index in [2.05, 4.69) is 10.3 Å². The maximum atomic E-state index is 14.4. The number of carbonyl (C=O) groups is 3. The lowest BCUT2D eigenvalue weighted by Gasteiger charge is -2.32. The number of thioether (sulfide) groups is 1. The van der Waals surface area contributed by atoms with Crippen molar-refractivity contribution in [3.8, 4) is 5.75 Å². The van der Waals surface area contributed by atoms with E-state index in [-0.39, 0.29) is 28.7 Å². The lowest BCUT2D eigenvalue weighted by Crippen LogP contribution is -2.46. The number of aliphatic imine (C=N–C) groups is 1. The first-order valence-corrected chi connectivity index (χ1v) is 12.3. The minimum absolute atomic E-state index is 0.0669. The number of rotatable bonds is 8. The summed E-state index contributed by atoms with van der Waals surface area (Å²) in [5.41, 5.74) is 1.54. The van der Waals surface area contributed by atoms with Crippen molar-refractivity contribution in [2.75, 3.05) is 19.0 Å². The van der Waals surface area contributed by atoms with E-state index >= 15 is 0 Å². The van der Waals surface area contributed by atoms with E-state index in [1.165, 1.54) is 41.3 Å². The maximum absolute atomic E-state index is 14.4. The number of carboxylic acid groups (broad SMARTS) is 1. The number of carboxylic acids is 1. The number of methoxy groups -OCH3 is 1. The van der Waals surface area contributed by atoms with Gasteiger partial charge in [0, 0.05) is 18.7 Å².